The van der Waals surface area contributed by atoms with E-state index >= 15 is 0 Å². The highest BCUT2D eigenvalue weighted by Gasteiger charge is 2.23. The number of aromatic hydroxyl groups is 1. The molecule has 1 N–H and O–H groups in total. The second-order valence-corrected chi connectivity index (χ2v) is 5.85. The third kappa shape index (κ3) is 3.08. The summed E-state index contributed by atoms with van der Waals surface area (Å²) in [6.07, 6.45) is 2.72. The molecule has 0 aliphatic heterocycles. The number of aryl methyl sites for hydroxylation is 1. The fraction of sp³-hybridized carbons (Fsp3) is 0.364. The summed E-state index contributed by atoms with van der Waals surface area (Å²) in [5.74, 6) is -0.378. The largest absolute Gasteiger partial charge is 0.505 e. The Kier molecular flexibility index (Phi) is 3.79. The summed E-state index contributed by atoms with van der Waals surface area (Å²) in [5, 5.41) is 12.7. The molecule has 0 amide bonds. The van der Waals surface area contributed by atoms with E-state index in [4.69, 9.17) is 4.52 Å². The van der Waals surface area contributed by atoms with Crippen LogP contribution in [0, 0.1) is 0 Å². The van der Waals surface area contributed by atoms with Crippen LogP contribution in [0.3, 0.4) is 0 Å². The number of rotatable bonds is 5. The summed E-state index contributed by atoms with van der Waals surface area (Å²) in [4.78, 5) is 7.64. The summed E-state index contributed by atoms with van der Waals surface area (Å²) < 4.78 is 29.0. The van der Waals surface area contributed by atoms with Crippen molar-refractivity contribution in [2.24, 2.45) is 0 Å². The molecule has 2 aromatic rings. The van der Waals surface area contributed by atoms with Crippen molar-refractivity contribution in [3.63, 3.8) is 0 Å². The van der Waals surface area contributed by atoms with E-state index in [1.807, 2.05) is 6.92 Å². The Morgan fingerprint density at radius 1 is 1.42 bits per heavy atom. The number of aromatic nitrogens is 3. The molecule has 0 bridgehead atoms. The van der Waals surface area contributed by atoms with Gasteiger partial charge < -0.3 is 9.63 Å². The summed E-state index contributed by atoms with van der Waals surface area (Å²) in [6.45, 7) is 1.95. The van der Waals surface area contributed by atoms with Gasteiger partial charge in [-0.05, 0) is 18.6 Å². The lowest BCUT2D eigenvalue weighted by Gasteiger charge is -2.02. The predicted octanol–water partition coefficient (Wildman–Crippen LogP) is 1.10. The SMILES string of the molecule is CCCc1nc(CS(=O)(=O)c2ncccc2O)no1. The molecule has 0 aliphatic rings. The number of hydrogen-bond donors (Lipinski definition) is 1. The normalized spacial score (nSPS) is 11.6. The molecule has 0 aromatic carbocycles. The van der Waals surface area contributed by atoms with Crippen molar-refractivity contribution in [3.8, 4) is 5.75 Å². The van der Waals surface area contributed by atoms with Crippen molar-refractivity contribution in [1.82, 2.24) is 15.1 Å². The van der Waals surface area contributed by atoms with Gasteiger partial charge in [-0.15, -0.1) is 0 Å². The molecule has 19 heavy (non-hydrogen) atoms. The maximum atomic E-state index is 12.0. The van der Waals surface area contributed by atoms with Gasteiger partial charge in [-0.3, -0.25) is 0 Å². The van der Waals surface area contributed by atoms with Crippen LogP contribution in [0.2, 0.25) is 0 Å². The molecular weight excluding hydrogens is 270 g/mol. The van der Waals surface area contributed by atoms with Gasteiger partial charge in [0.15, 0.2) is 16.6 Å². The van der Waals surface area contributed by atoms with Crippen LogP contribution in [0.5, 0.6) is 5.75 Å². The lowest BCUT2D eigenvalue weighted by atomic mass is 10.3. The molecule has 0 aliphatic carbocycles. The van der Waals surface area contributed by atoms with Crippen LogP contribution in [-0.2, 0) is 22.0 Å². The van der Waals surface area contributed by atoms with Gasteiger partial charge in [0.1, 0.15) is 5.75 Å². The molecule has 0 saturated heterocycles. The van der Waals surface area contributed by atoms with Gasteiger partial charge in [-0.25, -0.2) is 13.4 Å². The zero-order chi connectivity index (χ0) is 13.9. The second kappa shape index (κ2) is 5.35. The molecule has 8 heteroatoms. The first kappa shape index (κ1) is 13.5. The van der Waals surface area contributed by atoms with E-state index < -0.39 is 15.6 Å². The van der Waals surface area contributed by atoms with Crippen LogP contribution in [0.15, 0.2) is 27.9 Å². The monoisotopic (exact) mass is 283 g/mol. The van der Waals surface area contributed by atoms with E-state index in [0.717, 1.165) is 6.42 Å². The minimum Gasteiger partial charge on any atom is -0.505 e. The van der Waals surface area contributed by atoms with Gasteiger partial charge >= 0.3 is 0 Å². The molecular formula is C11H13N3O4S. The number of pyridine rings is 1. The summed E-state index contributed by atoms with van der Waals surface area (Å²) in [7, 11) is -3.79. The third-order valence-electron chi connectivity index (χ3n) is 2.34. The van der Waals surface area contributed by atoms with Crippen molar-refractivity contribution in [1.29, 1.82) is 0 Å². The Morgan fingerprint density at radius 3 is 2.89 bits per heavy atom. The van der Waals surface area contributed by atoms with Gasteiger partial charge in [0.25, 0.3) is 0 Å². The quantitative estimate of drug-likeness (QED) is 0.875. The molecule has 0 fully saturated rings. The summed E-state index contributed by atoms with van der Waals surface area (Å²) >= 11 is 0. The Morgan fingerprint density at radius 2 is 2.21 bits per heavy atom. The minimum absolute atomic E-state index is 0.0634. The summed E-state index contributed by atoms with van der Waals surface area (Å²) in [5.41, 5.74) is 0. The van der Waals surface area contributed by atoms with E-state index in [-0.39, 0.29) is 16.6 Å². The van der Waals surface area contributed by atoms with E-state index in [2.05, 4.69) is 15.1 Å². The standard InChI is InChI=1S/C11H13N3O4S/c1-2-4-10-13-9(14-18-10)7-19(16,17)11-8(15)5-3-6-12-11/h3,5-6,15H,2,4,7H2,1H3. The second-order valence-electron chi connectivity index (χ2n) is 3.94. The third-order valence-corrected chi connectivity index (χ3v) is 3.88. The average Bonchev–Trinajstić information content (AvgIpc) is 2.76. The average molecular weight is 283 g/mol. The Hall–Kier alpha value is -1.96. The van der Waals surface area contributed by atoms with Crippen molar-refractivity contribution < 1.29 is 18.0 Å². The highest BCUT2D eigenvalue weighted by Crippen LogP contribution is 2.22. The smallest absolute Gasteiger partial charge is 0.226 e. The fourth-order valence-corrected chi connectivity index (χ4v) is 2.73. The number of nitrogens with zero attached hydrogens (tertiary/aromatic N) is 3. The Balaban J connectivity index is 2.24. The van der Waals surface area contributed by atoms with Gasteiger partial charge in [-0.2, -0.15) is 4.98 Å². The Labute approximate surface area is 110 Å². The van der Waals surface area contributed by atoms with Crippen LogP contribution in [0.1, 0.15) is 25.1 Å². The minimum atomic E-state index is -3.79. The van der Waals surface area contributed by atoms with Crippen LogP contribution in [0.25, 0.3) is 0 Å². The van der Waals surface area contributed by atoms with Crippen LogP contribution < -0.4 is 0 Å². The van der Waals surface area contributed by atoms with Crippen LogP contribution in [-0.4, -0.2) is 28.6 Å². The summed E-state index contributed by atoms with van der Waals surface area (Å²) in [6, 6.07) is 2.71. The van der Waals surface area contributed by atoms with E-state index in [1.165, 1.54) is 18.3 Å². The highest BCUT2D eigenvalue weighted by molar-refractivity contribution is 7.90. The molecule has 0 radical (unpaired) electrons. The lowest BCUT2D eigenvalue weighted by molar-refractivity contribution is 0.373. The Bertz CT molecular complexity index is 666. The zero-order valence-electron chi connectivity index (χ0n) is 10.3. The molecule has 0 unspecified atom stereocenters. The van der Waals surface area contributed by atoms with E-state index in [0.29, 0.717) is 12.3 Å². The highest BCUT2D eigenvalue weighted by atomic mass is 32.2. The first-order valence-corrected chi connectivity index (χ1v) is 7.36. The molecule has 0 atom stereocenters. The van der Waals surface area contributed by atoms with Gasteiger partial charge in [0.2, 0.25) is 15.7 Å². The number of sulfone groups is 1. The molecule has 2 heterocycles. The van der Waals surface area contributed by atoms with Crippen molar-refractivity contribution >= 4 is 9.84 Å². The molecule has 102 valence electrons. The van der Waals surface area contributed by atoms with Gasteiger partial charge in [-0.1, -0.05) is 12.1 Å². The maximum Gasteiger partial charge on any atom is 0.226 e. The topological polar surface area (TPSA) is 106 Å². The molecule has 0 saturated carbocycles. The van der Waals surface area contributed by atoms with Gasteiger partial charge in [0.05, 0.1) is 0 Å². The lowest BCUT2D eigenvalue weighted by Crippen LogP contribution is -2.08. The van der Waals surface area contributed by atoms with Crippen molar-refractivity contribution in [3.05, 3.63) is 30.0 Å². The van der Waals surface area contributed by atoms with Crippen molar-refractivity contribution in [2.75, 3.05) is 0 Å². The van der Waals surface area contributed by atoms with E-state index in [1.54, 1.807) is 0 Å². The first-order valence-electron chi connectivity index (χ1n) is 5.71. The first-order chi connectivity index (χ1) is 9.03. The molecule has 7 nitrogen and oxygen atoms in total. The van der Waals surface area contributed by atoms with Crippen LogP contribution in [0.4, 0.5) is 0 Å². The van der Waals surface area contributed by atoms with E-state index in [9.17, 15) is 13.5 Å². The molecule has 2 rings (SSSR count). The molecule has 0 spiro atoms. The molecule has 2 aromatic heterocycles. The van der Waals surface area contributed by atoms with Crippen molar-refractivity contribution in [2.45, 2.75) is 30.5 Å². The number of hydrogen-bond acceptors (Lipinski definition) is 7. The fourth-order valence-electron chi connectivity index (χ4n) is 1.52. The van der Waals surface area contributed by atoms with Gasteiger partial charge in [0, 0.05) is 12.6 Å². The predicted molar refractivity (Wildman–Crippen MR) is 65.1 cm³/mol. The van der Waals surface area contributed by atoms with Crippen LogP contribution >= 0.6 is 0 Å². The zero-order valence-corrected chi connectivity index (χ0v) is 11.1. The maximum absolute atomic E-state index is 12.0.